The standard InChI is InChI=1S/C14H28N2O/c1-3-15-12(2)6-4-5-9-16-10-13-7-8-14(11-16)17-13/h12-15H,3-11H2,1-2H3. The summed E-state index contributed by atoms with van der Waals surface area (Å²) in [4.78, 5) is 2.61. The van der Waals surface area contributed by atoms with Crippen molar-refractivity contribution in [3.05, 3.63) is 0 Å². The summed E-state index contributed by atoms with van der Waals surface area (Å²) in [5.74, 6) is 0. The van der Waals surface area contributed by atoms with Gasteiger partial charge in [-0.15, -0.1) is 0 Å². The number of hydrogen-bond acceptors (Lipinski definition) is 3. The first kappa shape index (κ1) is 13.3. The van der Waals surface area contributed by atoms with Crippen LogP contribution in [0.2, 0.25) is 0 Å². The second-order valence-corrected chi connectivity index (χ2v) is 5.67. The van der Waals surface area contributed by atoms with Gasteiger partial charge in [0.2, 0.25) is 0 Å². The summed E-state index contributed by atoms with van der Waals surface area (Å²) in [5.41, 5.74) is 0. The lowest BCUT2D eigenvalue weighted by Crippen LogP contribution is -2.42. The molecule has 3 unspecified atom stereocenters. The fourth-order valence-corrected chi connectivity index (χ4v) is 3.12. The molecule has 2 rings (SSSR count). The number of ether oxygens (including phenoxy) is 1. The van der Waals surface area contributed by atoms with Gasteiger partial charge in [-0.3, -0.25) is 4.90 Å². The van der Waals surface area contributed by atoms with E-state index < -0.39 is 0 Å². The Morgan fingerprint density at radius 2 is 1.94 bits per heavy atom. The highest BCUT2D eigenvalue weighted by atomic mass is 16.5. The molecule has 2 aliphatic rings. The van der Waals surface area contributed by atoms with Crippen molar-refractivity contribution in [1.29, 1.82) is 0 Å². The van der Waals surface area contributed by atoms with Gasteiger partial charge in [0.05, 0.1) is 12.2 Å². The summed E-state index contributed by atoms with van der Waals surface area (Å²) in [5, 5.41) is 3.47. The van der Waals surface area contributed by atoms with Crippen LogP contribution in [0.15, 0.2) is 0 Å². The smallest absolute Gasteiger partial charge is 0.0707 e. The van der Waals surface area contributed by atoms with Gasteiger partial charge >= 0.3 is 0 Å². The largest absolute Gasteiger partial charge is 0.372 e. The van der Waals surface area contributed by atoms with Crippen LogP contribution >= 0.6 is 0 Å². The van der Waals surface area contributed by atoms with Gasteiger partial charge in [0, 0.05) is 19.1 Å². The van der Waals surface area contributed by atoms with E-state index in [-0.39, 0.29) is 0 Å². The summed E-state index contributed by atoms with van der Waals surface area (Å²) in [7, 11) is 0. The number of unbranched alkanes of at least 4 members (excludes halogenated alkanes) is 1. The molecule has 3 atom stereocenters. The third-order valence-electron chi connectivity index (χ3n) is 4.03. The van der Waals surface area contributed by atoms with Gasteiger partial charge < -0.3 is 10.1 Å². The molecule has 0 radical (unpaired) electrons. The van der Waals surface area contributed by atoms with Crippen molar-refractivity contribution in [2.75, 3.05) is 26.2 Å². The summed E-state index contributed by atoms with van der Waals surface area (Å²) in [6, 6.07) is 0.681. The van der Waals surface area contributed by atoms with Gasteiger partial charge in [-0.25, -0.2) is 0 Å². The van der Waals surface area contributed by atoms with E-state index in [0.717, 1.165) is 6.54 Å². The maximum atomic E-state index is 5.85. The van der Waals surface area contributed by atoms with Crippen LogP contribution in [0.25, 0.3) is 0 Å². The summed E-state index contributed by atoms with van der Waals surface area (Å²) in [6.45, 7) is 9.19. The van der Waals surface area contributed by atoms with Crippen LogP contribution in [0.1, 0.15) is 46.0 Å². The van der Waals surface area contributed by atoms with E-state index in [1.165, 1.54) is 51.7 Å². The van der Waals surface area contributed by atoms with Crippen molar-refractivity contribution in [2.45, 2.75) is 64.2 Å². The second-order valence-electron chi connectivity index (χ2n) is 5.67. The minimum absolute atomic E-state index is 0.550. The maximum Gasteiger partial charge on any atom is 0.0707 e. The molecule has 100 valence electrons. The SMILES string of the molecule is CCNC(C)CCCCN1CC2CCC(C1)O2. The van der Waals surface area contributed by atoms with E-state index in [1.807, 2.05) is 0 Å². The van der Waals surface area contributed by atoms with Crippen LogP contribution in [-0.2, 0) is 4.74 Å². The fourth-order valence-electron chi connectivity index (χ4n) is 3.12. The third kappa shape index (κ3) is 4.23. The van der Waals surface area contributed by atoms with Crippen molar-refractivity contribution in [3.63, 3.8) is 0 Å². The van der Waals surface area contributed by atoms with Gasteiger partial charge in [-0.1, -0.05) is 13.3 Å². The average molecular weight is 240 g/mol. The Kier molecular flexibility index (Phi) is 5.26. The van der Waals surface area contributed by atoms with Crippen LogP contribution in [0.4, 0.5) is 0 Å². The molecule has 0 spiro atoms. The zero-order chi connectivity index (χ0) is 12.1. The molecule has 0 aromatic rings. The van der Waals surface area contributed by atoms with Gasteiger partial charge in [-0.2, -0.15) is 0 Å². The molecule has 0 saturated carbocycles. The Morgan fingerprint density at radius 1 is 1.24 bits per heavy atom. The normalized spacial score (nSPS) is 30.7. The van der Waals surface area contributed by atoms with E-state index in [0.29, 0.717) is 18.2 Å². The molecular formula is C14H28N2O. The lowest BCUT2D eigenvalue weighted by atomic mass is 10.1. The van der Waals surface area contributed by atoms with E-state index in [9.17, 15) is 0 Å². The lowest BCUT2D eigenvalue weighted by molar-refractivity contribution is -0.0385. The Hall–Kier alpha value is -0.120. The first-order valence-electron chi connectivity index (χ1n) is 7.39. The molecule has 0 aromatic carbocycles. The highest BCUT2D eigenvalue weighted by molar-refractivity contribution is 4.84. The van der Waals surface area contributed by atoms with Crippen molar-refractivity contribution in [1.82, 2.24) is 10.2 Å². The molecular weight excluding hydrogens is 212 g/mol. The summed E-state index contributed by atoms with van der Waals surface area (Å²) < 4.78 is 5.85. The van der Waals surface area contributed by atoms with Gasteiger partial charge in [0.1, 0.15) is 0 Å². The zero-order valence-corrected chi connectivity index (χ0v) is 11.5. The molecule has 2 bridgehead atoms. The van der Waals surface area contributed by atoms with Crippen LogP contribution < -0.4 is 5.32 Å². The number of nitrogens with zero attached hydrogens (tertiary/aromatic N) is 1. The third-order valence-corrected chi connectivity index (χ3v) is 4.03. The number of fused-ring (bicyclic) bond motifs is 2. The predicted octanol–water partition coefficient (Wildman–Crippen LogP) is 2.02. The number of nitrogens with one attached hydrogen (secondary N) is 1. The quantitative estimate of drug-likeness (QED) is 0.689. The number of rotatable bonds is 7. The van der Waals surface area contributed by atoms with Crippen molar-refractivity contribution >= 4 is 0 Å². The molecule has 2 heterocycles. The van der Waals surface area contributed by atoms with Gasteiger partial charge in [-0.05, 0) is 45.7 Å². The van der Waals surface area contributed by atoms with Crippen molar-refractivity contribution < 1.29 is 4.74 Å². The lowest BCUT2D eigenvalue weighted by Gasteiger charge is -2.32. The van der Waals surface area contributed by atoms with Crippen molar-refractivity contribution in [2.24, 2.45) is 0 Å². The molecule has 17 heavy (non-hydrogen) atoms. The van der Waals surface area contributed by atoms with Crippen LogP contribution in [0, 0.1) is 0 Å². The zero-order valence-electron chi connectivity index (χ0n) is 11.5. The minimum Gasteiger partial charge on any atom is -0.372 e. The minimum atomic E-state index is 0.550. The molecule has 0 aliphatic carbocycles. The molecule has 3 nitrogen and oxygen atoms in total. The first-order valence-corrected chi connectivity index (χ1v) is 7.39. The molecule has 2 saturated heterocycles. The fraction of sp³-hybridized carbons (Fsp3) is 1.00. The monoisotopic (exact) mass is 240 g/mol. The topological polar surface area (TPSA) is 24.5 Å². The summed E-state index contributed by atoms with van der Waals surface area (Å²) in [6.07, 6.45) is 7.68. The maximum absolute atomic E-state index is 5.85. The molecule has 0 amide bonds. The Balaban J connectivity index is 1.53. The van der Waals surface area contributed by atoms with Crippen molar-refractivity contribution in [3.8, 4) is 0 Å². The Bertz CT molecular complexity index is 210. The van der Waals surface area contributed by atoms with Crippen LogP contribution in [-0.4, -0.2) is 49.3 Å². The van der Waals surface area contributed by atoms with E-state index in [1.54, 1.807) is 0 Å². The predicted molar refractivity (Wildman–Crippen MR) is 71.3 cm³/mol. The van der Waals surface area contributed by atoms with Gasteiger partial charge in [0.25, 0.3) is 0 Å². The highest BCUT2D eigenvalue weighted by Gasteiger charge is 2.33. The van der Waals surface area contributed by atoms with E-state index in [2.05, 4.69) is 24.1 Å². The molecule has 2 fully saturated rings. The van der Waals surface area contributed by atoms with Crippen LogP contribution in [0.3, 0.4) is 0 Å². The Labute approximate surface area is 106 Å². The number of morpholine rings is 1. The first-order chi connectivity index (χ1) is 8.28. The van der Waals surface area contributed by atoms with E-state index in [4.69, 9.17) is 4.74 Å². The molecule has 3 heteroatoms. The molecule has 1 N–H and O–H groups in total. The molecule has 0 aromatic heterocycles. The second kappa shape index (κ2) is 6.72. The Morgan fingerprint density at radius 3 is 2.59 bits per heavy atom. The average Bonchev–Trinajstić information content (AvgIpc) is 2.65. The highest BCUT2D eigenvalue weighted by Crippen LogP contribution is 2.26. The summed E-state index contributed by atoms with van der Waals surface area (Å²) >= 11 is 0. The number of likely N-dealkylation sites (tertiary alicyclic amines) is 1. The number of hydrogen-bond donors (Lipinski definition) is 1. The van der Waals surface area contributed by atoms with Crippen LogP contribution in [0.5, 0.6) is 0 Å². The molecule has 2 aliphatic heterocycles. The van der Waals surface area contributed by atoms with Gasteiger partial charge in [0.15, 0.2) is 0 Å². The van der Waals surface area contributed by atoms with E-state index >= 15 is 0 Å².